The summed E-state index contributed by atoms with van der Waals surface area (Å²) in [5, 5.41) is 44.2. The Morgan fingerprint density at radius 2 is 1.74 bits per heavy atom. The Balaban J connectivity index is 0.000000176. The van der Waals surface area contributed by atoms with Crippen LogP contribution in [0.5, 0.6) is 5.75 Å². The fourth-order valence-electron chi connectivity index (χ4n) is 5.24. The number of nitro groups is 3. The molecule has 1 aromatic rings. The zero-order chi connectivity index (χ0) is 22.8. The summed E-state index contributed by atoms with van der Waals surface area (Å²) in [6, 6.07) is 1.75. The number of benzene rings is 1. The van der Waals surface area contributed by atoms with E-state index in [9.17, 15) is 30.3 Å². The maximum atomic E-state index is 10.4. The van der Waals surface area contributed by atoms with Gasteiger partial charge in [0.2, 0.25) is 0 Å². The molecular weight excluding hydrogens is 408 g/mol. The van der Waals surface area contributed by atoms with Gasteiger partial charge in [0.05, 0.1) is 26.9 Å². The summed E-state index contributed by atoms with van der Waals surface area (Å²) in [5.74, 6) is 0.637. The van der Waals surface area contributed by atoms with E-state index in [0.29, 0.717) is 17.7 Å². The standard InChI is InChI=1S/C14H23N.C6H3N3O7/c1-2-3-9-14-10-8-13(15-14)11-6-4-5-7-12(11)14;10-6-4(8(13)14)1-3(7(11)12)2-5(6)9(15)16/h5,7,11-13,15H,2-4,6,8-10H2,1H3;1-2,10H/t11-,12+,13+,14-;/m0./s1. The average Bonchev–Trinajstić information content (AvgIpc) is 3.30. The van der Waals surface area contributed by atoms with Crippen LogP contribution >= 0.6 is 0 Å². The van der Waals surface area contributed by atoms with Crippen LogP contribution in [0.4, 0.5) is 17.1 Å². The van der Waals surface area contributed by atoms with Gasteiger partial charge >= 0.3 is 11.4 Å². The Morgan fingerprint density at radius 1 is 1.10 bits per heavy atom. The van der Waals surface area contributed by atoms with Crippen LogP contribution < -0.4 is 5.32 Å². The predicted molar refractivity (Wildman–Crippen MR) is 112 cm³/mol. The minimum absolute atomic E-state index is 0.447. The van der Waals surface area contributed by atoms with Crippen molar-refractivity contribution in [3.8, 4) is 5.75 Å². The van der Waals surface area contributed by atoms with Crippen LogP contribution in [0, 0.1) is 42.2 Å². The largest absolute Gasteiger partial charge is 0.497 e. The second-order valence-electron chi connectivity index (χ2n) is 8.35. The van der Waals surface area contributed by atoms with Crippen LogP contribution in [0.3, 0.4) is 0 Å². The molecule has 2 fully saturated rings. The number of hydrogen-bond donors (Lipinski definition) is 2. The summed E-state index contributed by atoms with van der Waals surface area (Å²) < 4.78 is 0. The molecule has 11 heteroatoms. The van der Waals surface area contributed by atoms with Gasteiger partial charge in [-0.2, -0.15) is 0 Å². The summed E-state index contributed by atoms with van der Waals surface area (Å²) in [4.78, 5) is 27.8. The van der Waals surface area contributed by atoms with E-state index in [-0.39, 0.29) is 0 Å². The van der Waals surface area contributed by atoms with Gasteiger partial charge in [0.15, 0.2) is 0 Å². The molecule has 0 unspecified atom stereocenters. The highest BCUT2D eigenvalue weighted by Gasteiger charge is 2.55. The van der Waals surface area contributed by atoms with Crippen LogP contribution in [-0.2, 0) is 0 Å². The zero-order valence-corrected chi connectivity index (χ0v) is 17.2. The number of allylic oxidation sites excluding steroid dienone is 1. The molecule has 2 saturated heterocycles. The molecule has 0 saturated carbocycles. The molecule has 2 bridgehead atoms. The molecule has 2 heterocycles. The number of hydrogen-bond acceptors (Lipinski definition) is 8. The topological polar surface area (TPSA) is 162 Å². The molecule has 2 N–H and O–H groups in total. The molecule has 1 aromatic carbocycles. The summed E-state index contributed by atoms with van der Waals surface area (Å²) in [5.41, 5.74) is -2.49. The third-order valence-electron chi connectivity index (χ3n) is 6.64. The lowest BCUT2D eigenvalue weighted by Crippen LogP contribution is -2.42. The maximum absolute atomic E-state index is 10.4. The summed E-state index contributed by atoms with van der Waals surface area (Å²) >= 11 is 0. The van der Waals surface area contributed by atoms with Gasteiger partial charge in [-0.15, -0.1) is 0 Å². The normalized spacial score (nSPS) is 27.8. The molecule has 3 aliphatic rings. The van der Waals surface area contributed by atoms with Crippen molar-refractivity contribution in [1.82, 2.24) is 5.32 Å². The lowest BCUT2D eigenvalue weighted by molar-refractivity contribution is -0.404. The van der Waals surface area contributed by atoms with Crippen LogP contribution in [0.15, 0.2) is 24.3 Å². The van der Waals surface area contributed by atoms with Gasteiger partial charge in [-0.05, 0) is 43.9 Å². The molecule has 0 aromatic heterocycles. The Morgan fingerprint density at radius 3 is 2.29 bits per heavy atom. The van der Waals surface area contributed by atoms with Crippen molar-refractivity contribution in [1.29, 1.82) is 0 Å². The molecule has 2 aliphatic heterocycles. The zero-order valence-electron chi connectivity index (χ0n) is 17.2. The third kappa shape index (κ3) is 4.36. The molecule has 1 aliphatic carbocycles. The van der Waals surface area contributed by atoms with E-state index in [2.05, 4.69) is 24.4 Å². The van der Waals surface area contributed by atoms with E-state index in [1.54, 1.807) is 0 Å². The lowest BCUT2D eigenvalue weighted by atomic mass is 9.66. The Bertz CT molecular complexity index is 884. The molecule has 0 amide bonds. The van der Waals surface area contributed by atoms with Crippen LogP contribution in [0.2, 0.25) is 0 Å². The van der Waals surface area contributed by atoms with Crippen molar-refractivity contribution < 1.29 is 19.9 Å². The second-order valence-corrected chi connectivity index (χ2v) is 8.35. The van der Waals surface area contributed by atoms with Crippen molar-refractivity contribution >= 4 is 17.1 Å². The van der Waals surface area contributed by atoms with Gasteiger partial charge in [-0.3, -0.25) is 30.3 Å². The van der Waals surface area contributed by atoms with Gasteiger partial charge in [-0.25, -0.2) is 0 Å². The predicted octanol–water partition coefficient (Wildman–Crippen LogP) is 4.38. The maximum Gasteiger partial charge on any atom is 0.324 e. The number of nitrogens with one attached hydrogen (secondary N) is 1. The van der Waals surface area contributed by atoms with E-state index in [1.807, 2.05) is 0 Å². The van der Waals surface area contributed by atoms with E-state index in [4.69, 9.17) is 5.11 Å². The number of phenolic OH excluding ortho intramolecular Hbond substituents is 1. The third-order valence-corrected chi connectivity index (χ3v) is 6.64. The molecule has 4 atom stereocenters. The van der Waals surface area contributed by atoms with Crippen molar-refractivity contribution in [2.24, 2.45) is 11.8 Å². The number of nitro benzene ring substituents is 3. The summed E-state index contributed by atoms with van der Waals surface area (Å²) in [7, 11) is 0. The highest BCUT2D eigenvalue weighted by Crippen LogP contribution is 2.52. The van der Waals surface area contributed by atoms with Crippen LogP contribution in [-0.4, -0.2) is 31.5 Å². The second kappa shape index (κ2) is 8.96. The van der Waals surface area contributed by atoms with Crippen molar-refractivity contribution in [2.45, 2.75) is 63.5 Å². The molecule has 168 valence electrons. The SMILES string of the molecule is CCCC[C@@]12CC[C@@H](N1)[C@H]1CCC=C[C@H]12.O=[N+]([O-])c1cc([N+](=O)[O-])c(O)c([N+](=O)[O-])c1. The smallest absolute Gasteiger partial charge is 0.324 e. The highest BCUT2D eigenvalue weighted by atomic mass is 16.6. The molecule has 0 radical (unpaired) electrons. The molecule has 4 rings (SSSR count). The van der Waals surface area contributed by atoms with E-state index in [1.165, 1.54) is 44.9 Å². The minimum Gasteiger partial charge on any atom is -0.497 e. The minimum atomic E-state index is -1.21. The Kier molecular flexibility index (Phi) is 6.54. The highest BCUT2D eigenvalue weighted by molar-refractivity contribution is 5.64. The lowest BCUT2D eigenvalue weighted by Gasteiger charge is -2.38. The molecular formula is C20H26N4O7. The number of nitrogens with zero attached hydrogens (tertiary/aromatic N) is 3. The average molecular weight is 434 g/mol. The summed E-state index contributed by atoms with van der Waals surface area (Å²) in [6.07, 6.45) is 14.8. The monoisotopic (exact) mass is 434 g/mol. The van der Waals surface area contributed by atoms with Gasteiger partial charge in [-0.1, -0.05) is 31.9 Å². The number of unbranched alkanes of at least 4 members (excludes halogenated alkanes) is 1. The molecule has 11 nitrogen and oxygen atoms in total. The van der Waals surface area contributed by atoms with Crippen molar-refractivity contribution in [3.63, 3.8) is 0 Å². The first kappa shape index (κ1) is 22.6. The number of phenols is 1. The number of aromatic hydroxyl groups is 1. The van der Waals surface area contributed by atoms with Crippen LogP contribution in [0.1, 0.15) is 51.9 Å². The van der Waals surface area contributed by atoms with Gasteiger partial charge in [0, 0.05) is 11.6 Å². The number of non-ortho nitro benzene ring substituents is 1. The van der Waals surface area contributed by atoms with E-state index in [0.717, 1.165) is 17.9 Å². The number of rotatable bonds is 6. The first-order valence-corrected chi connectivity index (χ1v) is 10.4. The molecule has 31 heavy (non-hydrogen) atoms. The Labute approximate surface area is 178 Å². The number of fused-ring (bicyclic) bond motifs is 5. The molecule has 0 spiro atoms. The Hall–Kier alpha value is -3.08. The first-order chi connectivity index (χ1) is 14.7. The van der Waals surface area contributed by atoms with Gasteiger partial charge in [0.1, 0.15) is 0 Å². The van der Waals surface area contributed by atoms with E-state index >= 15 is 0 Å². The van der Waals surface area contributed by atoms with Crippen molar-refractivity contribution in [2.75, 3.05) is 0 Å². The van der Waals surface area contributed by atoms with E-state index < -0.39 is 37.6 Å². The van der Waals surface area contributed by atoms with Gasteiger partial charge < -0.3 is 10.4 Å². The summed E-state index contributed by atoms with van der Waals surface area (Å²) in [6.45, 7) is 2.31. The van der Waals surface area contributed by atoms with Gasteiger partial charge in [0.25, 0.3) is 11.4 Å². The van der Waals surface area contributed by atoms with Crippen LogP contribution in [0.25, 0.3) is 0 Å². The fraction of sp³-hybridized carbons (Fsp3) is 0.600. The first-order valence-electron chi connectivity index (χ1n) is 10.4. The fourth-order valence-corrected chi connectivity index (χ4v) is 5.24. The quantitative estimate of drug-likeness (QED) is 0.378. The van der Waals surface area contributed by atoms with Crippen molar-refractivity contribution in [3.05, 3.63) is 54.6 Å².